The second-order valence-corrected chi connectivity index (χ2v) is 8.83. The van der Waals surface area contributed by atoms with Gasteiger partial charge in [0.25, 0.3) is 0 Å². The smallest absolute Gasteiger partial charge is 0.475 e. The fourth-order valence-corrected chi connectivity index (χ4v) is 3.70. The first kappa shape index (κ1) is 26.6. The first-order valence-corrected chi connectivity index (χ1v) is 11.3. The molecule has 4 rings (SSSR count). The van der Waals surface area contributed by atoms with Gasteiger partial charge in [-0.25, -0.2) is 14.2 Å². The number of aromatic nitrogens is 4. The largest absolute Gasteiger partial charge is 0.490 e. The lowest BCUT2D eigenvalue weighted by molar-refractivity contribution is -0.192. The number of aliphatic carboxylic acids is 1. The van der Waals surface area contributed by atoms with Crippen molar-refractivity contribution in [2.75, 3.05) is 17.2 Å². The minimum absolute atomic E-state index is 0.234. The zero-order valence-corrected chi connectivity index (χ0v) is 20.3. The van der Waals surface area contributed by atoms with E-state index in [4.69, 9.17) is 9.90 Å². The second kappa shape index (κ2) is 10.7. The Morgan fingerprint density at radius 2 is 1.91 bits per heavy atom. The monoisotopic (exact) mass is 562 g/mol. The van der Waals surface area contributed by atoms with Crippen LogP contribution in [0, 0.1) is 18.7 Å². The summed E-state index contributed by atoms with van der Waals surface area (Å²) in [6.45, 7) is 3.03. The van der Waals surface area contributed by atoms with Crippen molar-refractivity contribution < 1.29 is 32.6 Å². The molecule has 2 atom stereocenters. The van der Waals surface area contributed by atoms with Crippen LogP contribution in [0.3, 0.4) is 0 Å². The van der Waals surface area contributed by atoms with Crippen molar-refractivity contribution in [3.8, 4) is 0 Å². The molecule has 0 unspecified atom stereocenters. The van der Waals surface area contributed by atoms with Gasteiger partial charge in [-0.1, -0.05) is 6.07 Å². The van der Waals surface area contributed by atoms with Crippen molar-refractivity contribution in [2.45, 2.75) is 38.6 Å². The van der Waals surface area contributed by atoms with Crippen LogP contribution in [0.15, 0.2) is 22.7 Å². The minimum atomic E-state index is -5.08. The number of hydrogen-bond donors (Lipinski definition) is 4. The number of carboxylic acids is 1. The van der Waals surface area contributed by atoms with Crippen LogP contribution in [-0.4, -0.2) is 54.5 Å². The van der Waals surface area contributed by atoms with Crippen LogP contribution in [0.25, 0.3) is 11.2 Å². The van der Waals surface area contributed by atoms with Crippen molar-refractivity contribution in [1.82, 2.24) is 19.5 Å². The fraction of sp³-hybridized carbons (Fsp3) is 0.429. The number of benzene rings is 1. The summed E-state index contributed by atoms with van der Waals surface area (Å²) in [4.78, 5) is 22.6. The number of nitrogens with zero attached hydrogens (tertiary/aromatic N) is 4. The number of aliphatic hydroxyl groups excluding tert-OH is 1. The predicted octanol–water partition coefficient (Wildman–Crippen LogP) is 4.00. The number of carbonyl (C=O) groups is 1. The number of aryl methyl sites for hydroxylation is 2. The van der Waals surface area contributed by atoms with Crippen LogP contribution in [0.1, 0.15) is 24.2 Å². The molecule has 0 bridgehead atoms. The molecule has 2 heterocycles. The van der Waals surface area contributed by atoms with Crippen LogP contribution in [0.2, 0.25) is 0 Å². The predicted molar refractivity (Wildman–Crippen MR) is 123 cm³/mol. The second-order valence-electron chi connectivity index (χ2n) is 7.98. The summed E-state index contributed by atoms with van der Waals surface area (Å²) in [5, 5.41) is 23.4. The van der Waals surface area contributed by atoms with Crippen LogP contribution in [0.5, 0.6) is 0 Å². The standard InChI is InChI=1S/C19H22BrFN6O.C2HF3O2/c1-10-24-18-16(27(10)2)17(22-8-11-3-5-14(21)13(20)7-11)25-19(26-18)23-9-12-4-6-15(12)28;3-2(4,5)1(6)7/h3,5,7,12,15,28H,4,6,8-9H2,1-2H3,(H2,22,23,25,26);(H,6,7)/t12-,15+;/m0./s1. The van der Waals surface area contributed by atoms with Gasteiger partial charge in [0.2, 0.25) is 5.95 Å². The van der Waals surface area contributed by atoms with Gasteiger partial charge in [-0.2, -0.15) is 23.1 Å². The summed E-state index contributed by atoms with van der Waals surface area (Å²) >= 11 is 3.22. The molecule has 1 aliphatic rings. The van der Waals surface area contributed by atoms with Gasteiger partial charge < -0.3 is 25.4 Å². The van der Waals surface area contributed by atoms with Crippen molar-refractivity contribution in [1.29, 1.82) is 0 Å². The van der Waals surface area contributed by atoms with E-state index >= 15 is 0 Å². The van der Waals surface area contributed by atoms with E-state index in [0.717, 1.165) is 29.7 Å². The molecule has 2 aromatic heterocycles. The van der Waals surface area contributed by atoms with E-state index in [1.54, 1.807) is 12.1 Å². The van der Waals surface area contributed by atoms with Crippen LogP contribution < -0.4 is 10.6 Å². The molecule has 1 fully saturated rings. The highest BCUT2D eigenvalue weighted by atomic mass is 79.9. The van der Waals surface area contributed by atoms with Crippen LogP contribution in [-0.2, 0) is 18.4 Å². The number of aliphatic hydroxyl groups is 1. The quantitative estimate of drug-likeness (QED) is 0.332. The van der Waals surface area contributed by atoms with E-state index < -0.39 is 12.1 Å². The van der Waals surface area contributed by atoms with Crippen LogP contribution >= 0.6 is 15.9 Å². The highest BCUT2D eigenvalue weighted by molar-refractivity contribution is 9.10. The number of alkyl halides is 3. The Morgan fingerprint density at radius 3 is 2.46 bits per heavy atom. The highest BCUT2D eigenvalue weighted by Gasteiger charge is 2.38. The Bertz CT molecular complexity index is 1220. The molecule has 9 nitrogen and oxygen atoms in total. The van der Waals surface area contributed by atoms with E-state index in [1.165, 1.54) is 6.07 Å². The Hall–Kier alpha value is -3.00. The molecule has 0 aliphatic heterocycles. The normalized spacial score (nSPS) is 17.4. The van der Waals surface area contributed by atoms with Crippen molar-refractivity contribution in [3.05, 3.63) is 39.9 Å². The SMILES string of the molecule is Cc1nc2nc(NC[C@@H]3CC[C@H]3O)nc(NCc3ccc(F)c(Br)c3)c2n1C.O=C(O)C(F)(F)F. The number of anilines is 2. The molecule has 1 aromatic carbocycles. The van der Waals surface area contributed by atoms with Crippen LogP contribution in [0.4, 0.5) is 29.3 Å². The maximum atomic E-state index is 13.5. The lowest BCUT2D eigenvalue weighted by atomic mass is 9.82. The first-order valence-electron chi connectivity index (χ1n) is 10.5. The zero-order chi connectivity index (χ0) is 25.9. The molecule has 190 valence electrons. The van der Waals surface area contributed by atoms with E-state index in [1.807, 2.05) is 18.5 Å². The van der Waals surface area contributed by atoms with Gasteiger partial charge in [-0.05, 0) is 53.4 Å². The first-order chi connectivity index (χ1) is 16.4. The number of hydrogen-bond acceptors (Lipinski definition) is 7. The van der Waals surface area contributed by atoms with Gasteiger partial charge in [0.15, 0.2) is 11.5 Å². The third-order valence-corrected chi connectivity index (χ3v) is 6.15. The summed E-state index contributed by atoms with van der Waals surface area (Å²) < 4.78 is 47.6. The molecule has 4 N–H and O–H groups in total. The summed E-state index contributed by atoms with van der Waals surface area (Å²) in [5.41, 5.74) is 2.34. The molecule has 35 heavy (non-hydrogen) atoms. The molecule has 14 heteroatoms. The lowest BCUT2D eigenvalue weighted by Gasteiger charge is -2.32. The Kier molecular flexibility index (Phi) is 8.15. The topological polar surface area (TPSA) is 125 Å². The van der Waals surface area contributed by atoms with E-state index in [2.05, 4.69) is 41.5 Å². The number of halogens is 5. The van der Waals surface area contributed by atoms with Crippen molar-refractivity contribution in [3.63, 3.8) is 0 Å². The maximum Gasteiger partial charge on any atom is 0.490 e. The Morgan fingerprint density at radius 1 is 1.23 bits per heavy atom. The number of carboxylic acid groups (broad SMARTS) is 1. The number of rotatable bonds is 6. The highest BCUT2D eigenvalue weighted by Crippen LogP contribution is 2.28. The van der Waals surface area contributed by atoms with Crippen molar-refractivity contribution >= 4 is 44.8 Å². The molecule has 0 amide bonds. The van der Waals surface area contributed by atoms with Gasteiger partial charge in [0.05, 0.1) is 10.6 Å². The van der Waals surface area contributed by atoms with Gasteiger partial charge in [0, 0.05) is 26.1 Å². The summed E-state index contributed by atoms with van der Waals surface area (Å²) in [7, 11) is 1.92. The molecule has 0 spiro atoms. The van der Waals surface area contributed by atoms with E-state index in [9.17, 15) is 22.7 Å². The minimum Gasteiger partial charge on any atom is -0.475 e. The van der Waals surface area contributed by atoms with Gasteiger partial charge in [-0.3, -0.25) is 0 Å². The average molecular weight is 563 g/mol. The van der Waals surface area contributed by atoms with Gasteiger partial charge >= 0.3 is 12.1 Å². The number of nitrogens with one attached hydrogen (secondary N) is 2. The fourth-order valence-electron chi connectivity index (χ4n) is 3.27. The third kappa shape index (κ3) is 6.57. The molecule has 3 aromatic rings. The third-order valence-electron chi connectivity index (χ3n) is 5.54. The van der Waals surface area contributed by atoms with E-state index in [0.29, 0.717) is 35.0 Å². The Balaban J connectivity index is 0.000000429. The number of imidazole rings is 1. The Labute approximate surface area is 205 Å². The summed E-state index contributed by atoms with van der Waals surface area (Å²) in [6, 6.07) is 4.91. The van der Waals surface area contributed by atoms with Crippen molar-refractivity contribution in [2.24, 2.45) is 13.0 Å². The molecule has 1 saturated carbocycles. The zero-order valence-electron chi connectivity index (χ0n) is 18.7. The molecule has 1 aliphatic carbocycles. The molecular weight excluding hydrogens is 540 g/mol. The average Bonchev–Trinajstić information content (AvgIpc) is 3.06. The lowest BCUT2D eigenvalue weighted by Crippen LogP contribution is -2.36. The van der Waals surface area contributed by atoms with Gasteiger partial charge in [-0.15, -0.1) is 0 Å². The molecular formula is C21H23BrF4N6O3. The number of fused-ring (bicyclic) bond motifs is 1. The summed E-state index contributed by atoms with van der Waals surface area (Å²) in [5.74, 6) is -0.841. The molecule has 0 saturated heterocycles. The van der Waals surface area contributed by atoms with E-state index in [-0.39, 0.29) is 17.8 Å². The summed E-state index contributed by atoms with van der Waals surface area (Å²) in [6.07, 6.45) is -3.47. The molecule has 0 radical (unpaired) electrons. The van der Waals surface area contributed by atoms with Gasteiger partial charge in [0.1, 0.15) is 17.2 Å². The maximum absolute atomic E-state index is 13.5.